The molecule has 35 heavy (non-hydrogen) atoms. The Kier molecular flexibility index (Phi) is 6.10. The van der Waals surface area contributed by atoms with Gasteiger partial charge in [0.05, 0.1) is 25.0 Å². The normalized spacial score (nSPS) is 13.1. The molecule has 0 saturated heterocycles. The largest absolute Gasteiger partial charge is 0.497 e. The Balaban J connectivity index is 1.58. The highest BCUT2D eigenvalue weighted by atomic mass is 16.5. The maximum atomic E-state index is 13.2. The van der Waals surface area contributed by atoms with E-state index in [-0.39, 0.29) is 12.5 Å². The van der Waals surface area contributed by atoms with Crippen LogP contribution in [0.3, 0.4) is 0 Å². The van der Waals surface area contributed by atoms with Crippen molar-refractivity contribution in [3.8, 4) is 16.9 Å². The fourth-order valence-corrected chi connectivity index (χ4v) is 4.49. The van der Waals surface area contributed by atoms with Gasteiger partial charge < -0.3 is 19.4 Å². The Bertz CT molecular complexity index is 1420. The number of fused-ring (bicyclic) bond motifs is 3. The second kappa shape index (κ2) is 9.50. The quantitative estimate of drug-likeness (QED) is 0.397. The van der Waals surface area contributed by atoms with Crippen molar-refractivity contribution in [2.45, 2.75) is 13.3 Å². The molecule has 0 atom stereocenters. The Morgan fingerprint density at radius 3 is 2.43 bits per heavy atom. The van der Waals surface area contributed by atoms with E-state index >= 15 is 0 Å². The van der Waals surface area contributed by atoms with Crippen molar-refractivity contribution in [2.24, 2.45) is 0 Å². The summed E-state index contributed by atoms with van der Waals surface area (Å²) in [4.78, 5) is 31.2. The number of methoxy groups -OCH3 is 1. The molecule has 4 aromatic rings. The highest BCUT2D eigenvalue weighted by molar-refractivity contribution is 6.18. The first-order valence-corrected chi connectivity index (χ1v) is 11.6. The standard InChI is InChI=1S/C29H26N2O4/c1-3-35-29(33)25-18-31(28(32)20-7-5-4-6-8-20)16-15-23-24-17-21(11-14-26(24)30-27(23)25)19-9-12-22(34-2)13-10-19/h4-14,17-18,30H,3,15-16H2,1-2H3. The molecule has 1 N–H and O–H groups in total. The highest BCUT2D eigenvalue weighted by Gasteiger charge is 2.27. The summed E-state index contributed by atoms with van der Waals surface area (Å²) in [5, 5.41) is 1.03. The van der Waals surface area contributed by atoms with Crippen molar-refractivity contribution >= 4 is 28.4 Å². The molecule has 176 valence electrons. The lowest BCUT2D eigenvalue weighted by Gasteiger charge is -2.18. The third-order valence-corrected chi connectivity index (χ3v) is 6.26. The summed E-state index contributed by atoms with van der Waals surface area (Å²) in [5.41, 5.74) is 5.69. The van der Waals surface area contributed by atoms with E-state index in [4.69, 9.17) is 9.47 Å². The van der Waals surface area contributed by atoms with Crippen LogP contribution in [0.15, 0.2) is 79.0 Å². The van der Waals surface area contributed by atoms with Gasteiger partial charge in [0, 0.05) is 29.2 Å². The van der Waals surface area contributed by atoms with Crippen molar-refractivity contribution in [3.63, 3.8) is 0 Å². The summed E-state index contributed by atoms with van der Waals surface area (Å²) in [6, 6.07) is 23.2. The maximum absolute atomic E-state index is 13.2. The topological polar surface area (TPSA) is 71.6 Å². The van der Waals surface area contributed by atoms with Crippen LogP contribution in [-0.4, -0.2) is 42.0 Å². The van der Waals surface area contributed by atoms with Crippen LogP contribution in [0.2, 0.25) is 0 Å². The Labute approximate surface area is 203 Å². The Hall–Kier alpha value is -4.32. The number of hydrogen-bond acceptors (Lipinski definition) is 4. The van der Waals surface area contributed by atoms with Crippen LogP contribution in [0.5, 0.6) is 5.75 Å². The summed E-state index contributed by atoms with van der Waals surface area (Å²) in [5.74, 6) is 0.196. The number of nitrogens with zero attached hydrogens (tertiary/aromatic N) is 1. The zero-order valence-corrected chi connectivity index (χ0v) is 19.7. The van der Waals surface area contributed by atoms with E-state index in [2.05, 4.69) is 17.1 Å². The molecule has 1 aliphatic rings. The molecule has 3 aromatic carbocycles. The molecule has 2 heterocycles. The molecule has 1 amide bonds. The minimum Gasteiger partial charge on any atom is -0.497 e. The zero-order chi connectivity index (χ0) is 24.4. The van der Waals surface area contributed by atoms with Crippen LogP contribution in [0.4, 0.5) is 0 Å². The fourth-order valence-electron chi connectivity index (χ4n) is 4.49. The minimum absolute atomic E-state index is 0.152. The molecule has 0 fully saturated rings. The number of aromatic amines is 1. The number of carbonyl (C=O) groups is 2. The molecule has 0 aliphatic carbocycles. The van der Waals surface area contributed by atoms with Crippen LogP contribution in [0.1, 0.15) is 28.5 Å². The van der Waals surface area contributed by atoms with E-state index in [1.54, 1.807) is 37.3 Å². The lowest BCUT2D eigenvalue weighted by atomic mass is 9.99. The van der Waals surface area contributed by atoms with Gasteiger partial charge in [-0.1, -0.05) is 36.4 Å². The third-order valence-electron chi connectivity index (χ3n) is 6.26. The molecule has 0 radical (unpaired) electrons. The molecular weight excluding hydrogens is 440 g/mol. The summed E-state index contributed by atoms with van der Waals surface area (Å²) < 4.78 is 10.6. The monoisotopic (exact) mass is 466 g/mol. The third kappa shape index (κ3) is 4.30. The molecule has 6 heteroatoms. The first-order valence-electron chi connectivity index (χ1n) is 11.6. The average Bonchev–Trinajstić information content (AvgIpc) is 3.15. The molecule has 1 aliphatic heterocycles. The van der Waals surface area contributed by atoms with E-state index in [0.717, 1.165) is 33.3 Å². The van der Waals surface area contributed by atoms with Gasteiger partial charge in [0.2, 0.25) is 0 Å². The van der Waals surface area contributed by atoms with Gasteiger partial charge in [0.15, 0.2) is 0 Å². The predicted octanol–water partition coefficient (Wildman–Crippen LogP) is 5.45. The zero-order valence-electron chi connectivity index (χ0n) is 19.7. The smallest absolute Gasteiger partial charge is 0.341 e. The lowest BCUT2D eigenvalue weighted by molar-refractivity contribution is -0.136. The molecule has 0 bridgehead atoms. The first-order chi connectivity index (χ1) is 17.1. The molecule has 0 unspecified atom stereocenters. The van der Waals surface area contributed by atoms with E-state index in [9.17, 15) is 9.59 Å². The highest BCUT2D eigenvalue weighted by Crippen LogP contribution is 2.34. The molecule has 6 nitrogen and oxygen atoms in total. The van der Waals surface area contributed by atoms with Gasteiger partial charge in [-0.05, 0) is 66.4 Å². The van der Waals surface area contributed by atoms with Crippen LogP contribution in [0, 0.1) is 0 Å². The van der Waals surface area contributed by atoms with E-state index in [0.29, 0.717) is 29.8 Å². The number of ether oxygens (including phenoxy) is 2. The van der Waals surface area contributed by atoms with Gasteiger partial charge in [-0.25, -0.2) is 4.79 Å². The molecule has 0 saturated carbocycles. The second-order valence-electron chi connectivity index (χ2n) is 8.35. The summed E-state index contributed by atoms with van der Waals surface area (Å²) >= 11 is 0. The van der Waals surface area contributed by atoms with Crippen LogP contribution < -0.4 is 4.74 Å². The van der Waals surface area contributed by atoms with Crippen molar-refractivity contribution in [2.75, 3.05) is 20.3 Å². The second-order valence-corrected chi connectivity index (χ2v) is 8.35. The number of carbonyl (C=O) groups excluding carboxylic acids is 2. The number of esters is 1. The summed E-state index contributed by atoms with van der Waals surface area (Å²) in [6.45, 7) is 2.47. The van der Waals surface area contributed by atoms with E-state index in [1.165, 1.54) is 0 Å². The number of amides is 1. The number of hydrogen-bond donors (Lipinski definition) is 1. The predicted molar refractivity (Wildman–Crippen MR) is 136 cm³/mol. The first kappa shape index (κ1) is 22.5. The summed E-state index contributed by atoms with van der Waals surface area (Å²) in [7, 11) is 1.65. The minimum atomic E-state index is -0.455. The average molecular weight is 467 g/mol. The van der Waals surface area contributed by atoms with Gasteiger partial charge in [0.1, 0.15) is 5.75 Å². The SMILES string of the molecule is CCOC(=O)C1=CN(C(=O)c2ccccc2)CCc2c1[nH]c1ccc(-c3ccc(OC)cc3)cc21. The Morgan fingerprint density at radius 2 is 1.71 bits per heavy atom. The van der Waals surface area contributed by atoms with Crippen molar-refractivity contribution < 1.29 is 19.1 Å². The van der Waals surface area contributed by atoms with Gasteiger partial charge >= 0.3 is 5.97 Å². The van der Waals surface area contributed by atoms with Crippen LogP contribution >= 0.6 is 0 Å². The van der Waals surface area contributed by atoms with Crippen molar-refractivity contribution in [3.05, 3.63) is 95.8 Å². The van der Waals surface area contributed by atoms with Crippen LogP contribution in [0.25, 0.3) is 27.6 Å². The van der Waals surface area contributed by atoms with Gasteiger partial charge in [0.25, 0.3) is 5.91 Å². The maximum Gasteiger partial charge on any atom is 0.341 e. The van der Waals surface area contributed by atoms with Crippen molar-refractivity contribution in [1.82, 2.24) is 9.88 Å². The Morgan fingerprint density at radius 1 is 0.971 bits per heavy atom. The molecule has 1 aromatic heterocycles. The fraction of sp³-hybridized carbons (Fsp3) is 0.172. The molecular formula is C29H26N2O4. The van der Waals surface area contributed by atoms with Crippen molar-refractivity contribution in [1.29, 1.82) is 0 Å². The lowest BCUT2D eigenvalue weighted by Crippen LogP contribution is -2.28. The van der Waals surface area contributed by atoms with E-state index < -0.39 is 5.97 Å². The number of nitrogens with one attached hydrogen (secondary N) is 1. The van der Waals surface area contributed by atoms with Gasteiger partial charge in [-0.15, -0.1) is 0 Å². The molecule has 0 spiro atoms. The van der Waals surface area contributed by atoms with Crippen LogP contribution in [-0.2, 0) is 16.0 Å². The van der Waals surface area contributed by atoms with Gasteiger partial charge in [-0.3, -0.25) is 4.79 Å². The molecule has 5 rings (SSSR count). The van der Waals surface area contributed by atoms with Gasteiger partial charge in [-0.2, -0.15) is 0 Å². The number of aromatic nitrogens is 1. The summed E-state index contributed by atoms with van der Waals surface area (Å²) in [6.07, 6.45) is 2.22. The number of rotatable bonds is 5. The van der Waals surface area contributed by atoms with E-state index in [1.807, 2.05) is 48.5 Å². The number of H-pyrrole nitrogens is 1. The number of benzene rings is 3.